The molecular formula is C16H12Cl2N6. The Kier molecular flexibility index (Phi) is 3.63. The summed E-state index contributed by atoms with van der Waals surface area (Å²) < 4.78 is 1.71. The van der Waals surface area contributed by atoms with Gasteiger partial charge >= 0.3 is 0 Å². The van der Waals surface area contributed by atoms with E-state index in [0.717, 1.165) is 5.52 Å². The van der Waals surface area contributed by atoms with Gasteiger partial charge in [-0.1, -0.05) is 29.3 Å². The van der Waals surface area contributed by atoms with Crippen molar-refractivity contribution in [3.63, 3.8) is 0 Å². The summed E-state index contributed by atoms with van der Waals surface area (Å²) in [5, 5.41) is 8.53. The molecule has 8 heteroatoms. The largest absolute Gasteiger partial charge is 0.338 e. The molecule has 0 aliphatic heterocycles. The van der Waals surface area contributed by atoms with E-state index in [4.69, 9.17) is 23.2 Å². The Balaban J connectivity index is 1.82. The summed E-state index contributed by atoms with van der Waals surface area (Å²) in [6.45, 7) is 0. The van der Waals surface area contributed by atoms with E-state index in [0.29, 0.717) is 38.6 Å². The molecule has 0 aliphatic carbocycles. The standard InChI is InChI=1S/C16H12Cl2N6/c1-24-8-6-12(23-24)21-16-14-11(5-7-19-16)20-15(22-14)13-9(17)3-2-4-10(13)18/h2-8H,1H3,(H,20,22)(H,19,21,23). The molecule has 0 aliphatic rings. The van der Waals surface area contributed by atoms with Crippen LogP contribution >= 0.6 is 23.2 Å². The highest BCUT2D eigenvalue weighted by molar-refractivity contribution is 6.39. The first-order valence-electron chi connectivity index (χ1n) is 7.17. The van der Waals surface area contributed by atoms with Crippen LogP contribution < -0.4 is 5.32 Å². The van der Waals surface area contributed by atoms with Crippen molar-refractivity contribution < 1.29 is 0 Å². The number of nitrogens with zero attached hydrogens (tertiary/aromatic N) is 4. The van der Waals surface area contributed by atoms with Crippen molar-refractivity contribution in [2.45, 2.75) is 0 Å². The smallest absolute Gasteiger partial charge is 0.159 e. The Morgan fingerprint density at radius 2 is 1.92 bits per heavy atom. The maximum Gasteiger partial charge on any atom is 0.159 e. The maximum atomic E-state index is 6.28. The second-order valence-corrected chi connectivity index (χ2v) is 6.05. The number of halogens is 2. The Bertz CT molecular complexity index is 1020. The molecule has 0 radical (unpaired) electrons. The normalized spacial score (nSPS) is 11.1. The van der Waals surface area contributed by atoms with Crippen molar-refractivity contribution >= 4 is 45.9 Å². The zero-order chi connectivity index (χ0) is 16.7. The highest BCUT2D eigenvalue weighted by Gasteiger charge is 2.15. The number of aromatic nitrogens is 5. The summed E-state index contributed by atoms with van der Waals surface area (Å²) in [5.41, 5.74) is 2.18. The lowest BCUT2D eigenvalue weighted by Crippen LogP contribution is -1.96. The maximum absolute atomic E-state index is 6.28. The molecule has 0 spiro atoms. The van der Waals surface area contributed by atoms with Crippen LogP contribution in [0.2, 0.25) is 10.0 Å². The van der Waals surface area contributed by atoms with Crippen LogP contribution in [0.25, 0.3) is 22.4 Å². The molecular weight excluding hydrogens is 347 g/mol. The van der Waals surface area contributed by atoms with E-state index in [9.17, 15) is 0 Å². The lowest BCUT2D eigenvalue weighted by Gasteiger charge is -2.02. The van der Waals surface area contributed by atoms with Crippen LogP contribution in [0.15, 0.2) is 42.7 Å². The first kappa shape index (κ1) is 15.0. The lowest BCUT2D eigenvalue weighted by atomic mass is 10.2. The average Bonchev–Trinajstić information content (AvgIpc) is 3.14. The number of aromatic amines is 1. The van der Waals surface area contributed by atoms with Crippen LogP contribution in [-0.2, 0) is 7.05 Å². The van der Waals surface area contributed by atoms with E-state index in [2.05, 4.69) is 25.4 Å². The summed E-state index contributed by atoms with van der Waals surface area (Å²) in [7, 11) is 1.85. The number of anilines is 2. The number of H-pyrrole nitrogens is 1. The summed E-state index contributed by atoms with van der Waals surface area (Å²) in [6, 6.07) is 9.06. The second-order valence-electron chi connectivity index (χ2n) is 5.24. The van der Waals surface area contributed by atoms with Crippen LogP contribution in [-0.4, -0.2) is 24.7 Å². The minimum atomic E-state index is 0.536. The van der Waals surface area contributed by atoms with E-state index in [1.54, 1.807) is 29.1 Å². The zero-order valence-electron chi connectivity index (χ0n) is 12.6. The number of imidazole rings is 1. The van der Waals surface area contributed by atoms with Gasteiger partial charge in [-0.25, -0.2) is 9.97 Å². The molecule has 0 bridgehead atoms. The minimum absolute atomic E-state index is 0.536. The Hall–Kier alpha value is -2.57. The number of rotatable bonds is 3. The molecule has 0 saturated carbocycles. The Morgan fingerprint density at radius 1 is 1.12 bits per heavy atom. The number of pyridine rings is 1. The molecule has 0 fully saturated rings. The van der Waals surface area contributed by atoms with Gasteiger partial charge in [0.1, 0.15) is 11.3 Å². The van der Waals surface area contributed by atoms with Gasteiger partial charge in [-0.15, -0.1) is 0 Å². The monoisotopic (exact) mass is 358 g/mol. The topological polar surface area (TPSA) is 71.4 Å². The van der Waals surface area contributed by atoms with E-state index >= 15 is 0 Å². The van der Waals surface area contributed by atoms with Gasteiger partial charge < -0.3 is 10.3 Å². The number of hydrogen-bond donors (Lipinski definition) is 2. The fourth-order valence-corrected chi connectivity index (χ4v) is 3.05. The van der Waals surface area contributed by atoms with Crippen LogP contribution in [0, 0.1) is 0 Å². The molecule has 2 N–H and O–H groups in total. The van der Waals surface area contributed by atoms with E-state index in [1.165, 1.54) is 0 Å². The van der Waals surface area contributed by atoms with Crippen LogP contribution in [0.4, 0.5) is 11.6 Å². The lowest BCUT2D eigenvalue weighted by molar-refractivity contribution is 0.771. The van der Waals surface area contributed by atoms with Gasteiger partial charge in [-0.05, 0) is 18.2 Å². The predicted octanol–water partition coefficient (Wildman–Crippen LogP) is 4.41. The molecule has 0 unspecified atom stereocenters. The second kappa shape index (κ2) is 5.81. The van der Waals surface area contributed by atoms with Crippen molar-refractivity contribution in [1.29, 1.82) is 0 Å². The molecule has 1 aromatic carbocycles. The van der Waals surface area contributed by atoms with E-state index in [1.807, 2.05) is 25.4 Å². The van der Waals surface area contributed by atoms with Crippen molar-refractivity contribution in [2.75, 3.05) is 5.32 Å². The molecule has 120 valence electrons. The van der Waals surface area contributed by atoms with Gasteiger partial charge in [0.15, 0.2) is 11.6 Å². The quantitative estimate of drug-likeness (QED) is 0.568. The SMILES string of the molecule is Cn1ccc(Nc2nccc3[nH]c(-c4c(Cl)cccc4Cl)nc23)n1. The third-order valence-corrected chi connectivity index (χ3v) is 4.19. The fourth-order valence-electron chi connectivity index (χ4n) is 2.47. The summed E-state index contributed by atoms with van der Waals surface area (Å²) >= 11 is 12.6. The van der Waals surface area contributed by atoms with Gasteiger partial charge in [0.05, 0.1) is 21.1 Å². The van der Waals surface area contributed by atoms with Crippen LogP contribution in [0.3, 0.4) is 0 Å². The third kappa shape index (κ3) is 2.60. The zero-order valence-corrected chi connectivity index (χ0v) is 14.1. The van der Waals surface area contributed by atoms with Crippen LogP contribution in [0.1, 0.15) is 0 Å². The van der Waals surface area contributed by atoms with E-state index < -0.39 is 0 Å². The molecule has 0 atom stereocenters. The number of benzene rings is 1. The molecule has 4 rings (SSSR count). The Morgan fingerprint density at radius 3 is 2.62 bits per heavy atom. The first-order chi connectivity index (χ1) is 11.6. The number of nitrogens with one attached hydrogen (secondary N) is 2. The van der Waals surface area contributed by atoms with Crippen molar-refractivity contribution in [3.8, 4) is 11.4 Å². The molecule has 6 nitrogen and oxygen atoms in total. The molecule has 0 amide bonds. The van der Waals surface area contributed by atoms with Gasteiger partial charge in [-0.3, -0.25) is 4.68 Å². The Labute approximate surface area is 147 Å². The highest BCUT2D eigenvalue weighted by atomic mass is 35.5. The average molecular weight is 359 g/mol. The fraction of sp³-hybridized carbons (Fsp3) is 0.0625. The minimum Gasteiger partial charge on any atom is -0.338 e. The molecule has 3 aromatic heterocycles. The highest BCUT2D eigenvalue weighted by Crippen LogP contribution is 2.34. The van der Waals surface area contributed by atoms with Crippen molar-refractivity contribution in [2.24, 2.45) is 7.05 Å². The van der Waals surface area contributed by atoms with E-state index in [-0.39, 0.29) is 0 Å². The van der Waals surface area contributed by atoms with Gasteiger partial charge in [0.25, 0.3) is 0 Å². The van der Waals surface area contributed by atoms with Crippen LogP contribution in [0.5, 0.6) is 0 Å². The summed E-state index contributed by atoms with van der Waals surface area (Å²) in [6.07, 6.45) is 3.55. The summed E-state index contributed by atoms with van der Waals surface area (Å²) in [5.74, 6) is 1.90. The third-order valence-electron chi connectivity index (χ3n) is 3.56. The summed E-state index contributed by atoms with van der Waals surface area (Å²) in [4.78, 5) is 12.2. The number of aryl methyl sites for hydroxylation is 1. The first-order valence-corrected chi connectivity index (χ1v) is 7.93. The molecule has 3 heterocycles. The van der Waals surface area contributed by atoms with Gasteiger partial charge in [-0.2, -0.15) is 5.10 Å². The van der Waals surface area contributed by atoms with Gasteiger partial charge in [0.2, 0.25) is 0 Å². The molecule has 0 saturated heterocycles. The molecule has 4 aromatic rings. The van der Waals surface area contributed by atoms with Gasteiger partial charge in [0, 0.05) is 25.5 Å². The van der Waals surface area contributed by atoms with Crippen molar-refractivity contribution in [3.05, 3.63) is 52.8 Å². The van der Waals surface area contributed by atoms with Crippen molar-refractivity contribution in [1.82, 2.24) is 24.7 Å². The number of hydrogen-bond acceptors (Lipinski definition) is 4. The molecule has 24 heavy (non-hydrogen) atoms. The predicted molar refractivity (Wildman–Crippen MR) is 95.8 cm³/mol. The number of fused-ring (bicyclic) bond motifs is 1.